The van der Waals surface area contributed by atoms with Gasteiger partial charge in [0.05, 0.1) is 11.9 Å². The Morgan fingerprint density at radius 1 is 1.15 bits per heavy atom. The Kier molecular flexibility index (Phi) is 6.37. The standard InChI is InChI=1S/C19H23FN2O3S/c1-4-18(19(23)21-13-15-8-6-5-7-14(15)2)22(26(3,24)25)17-11-9-16(20)10-12-17/h5-12,18H,4,13H2,1-3H3,(H,21,23). The highest BCUT2D eigenvalue weighted by atomic mass is 32.2. The second kappa shape index (κ2) is 8.31. The zero-order valence-corrected chi connectivity index (χ0v) is 15.9. The van der Waals surface area contributed by atoms with E-state index in [9.17, 15) is 17.6 Å². The van der Waals surface area contributed by atoms with Crippen molar-refractivity contribution in [2.45, 2.75) is 32.9 Å². The Labute approximate surface area is 153 Å². The summed E-state index contributed by atoms with van der Waals surface area (Å²) in [6, 6.07) is 11.8. The van der Waals surface area contributed by atoms with E-state index in [2.05, 4.69) is 5.32 Å². The minimum atomic E-state index is -3.73. The molecular weight excluding hydrogens is 355 g/mol. The first-order valence-electron chi connectivity index (χ1n) is 8.31. The maximum absolute atomic E-state index is 13.2. The van der Waals surface area contributed by atoms with Gasteiger partial charge in [0.1, 0.15) is 11.9 Å². The minimum absolute atomic E-state index is 0.256. The summed E-state index contributed by atoms with van der Waals surface area (Å²) in [4.78, 5) is 12.7. The van der Waals surface area contributed by atoms with Crippen LogP contribution >= 0.6 is 0 Å². The second-order valence-corrected chi connectivity index (χ2v) is 7.96. The molecule has 0 aliphatic rings. The summed E-state index contributed by atoms with van der Waals surface area (Å²) in [5.41, 5.74) is 2.26. The molecule has 0 saturated heterocycles. The fourth-order valence-electron chi connectivity index (χ4n) is 2.76. The van der Waals surface area contributed by atoms with Crippen LogP contribution in [0.15, 0.2) is 48.5 Å². The van der Waals surface area contributed by atoms with Crippen LogP contribution in [0.3, 0.4) is 0 Å². The van der Waals surface area contributed by atoms with Crippen molar-refractivity contribution < 1.29 is 17.6 Å². The minimum Gasteiger partial charge on any atom is -0.350 e. The smallest absolute Gasteiger partial charge is 0.244 e. The van der Waals surface area contributed by atoms with Crippen LogP contribution < -0.4 is 9.62 Å². The monoisotopic (exact) mass is 378 g/mol. The fourth-order valence-corrected chi connectivity index (χ4v) is 3.97. The predicted molar refractivity (Wildman–Crippen MR) is 101 cm³/mol. The number of nitrogens with one attached hydrogen (secondary N) is 1. The normalized spacial score (nSPS) is 12.5. The topological polar surface area (TPSA) is 66.5 Å². The van der Waals surface area contributed by atoms with Gasteiger partial charge in [-0.2, -0.15) is 0 Å². The summed E-state index contributed by atoms with van der Waals surface area (Å²) in [6.07, 6.45) is 1.32. The van der Waals surface area contributed by atoms with Crippen LogP contribution in [0.2, 0.25) is 0 Å². The van der Waals surface area contributed by atoms with Crippen molar-refractivity contribution in [2.75, 3.05) is 10.6 Å². The number of nitrogens with zero attached hydrogens (tertiary/aromatic N) is 1. The molecule has 0 aliphatic heterocycles. The van der Waals surface area contributed by atoms with Crippen molar-refractivity contribution in [1.82, 2.24) is 5.32 Å². The van der Waals surface area contributed by atoms with Gasteiger partial charge in [-0.05, 0) is 48.7 Å². The van der Waals surface area contributed by atoms with Crippen LogP contribution in [0.1, 0.15) is 24.5 Å². The number of benzene rings is 2. The molecule has 0 aliphatic carbocycles. The zero-order chi connectivity index (χ0) is 19.3. The molecule has 2 aromatic rings. The molecular formula is C19H23FN2O3S. The maximum Gasteiger partial charge on any atom is 0.244 e. The Bertz CT molecular complexity index is 867. The van der Waals surface area contributed by atoms with E-state index in [4.69, 9.17) is 0 Å². The number of amides is 1. The average molecular weight is 378 g/mol. The number of carbonyl (C=O) groups excluding carboxylic acids is 1. The molecule has 0 radical (unpaired) electrons. The highest BCUT2D eigenvalue weighted by Crippen LogP contribution is 2.23. The van der Waals surface area contributed by atoms with E-state index in [-0.39, 0.29) is 12.1 Å². The summed E-state index contributed by atoms with van der Waals surface area (Å²) in [6.45, 7) is 3.99. The first-order valence-corrected chi connectivity index (χ1v) is 10.2. The van der Waals surface area contributed by atoms with E-state index in [0.29, 0.717) is 6.54 Å². The number of hydrogen-bond acceptors (Lipinski definition) is 3. The molecule has 1 unspecified atom stereocenters. The Balaban J connectivity index is 2.25. The van der Waals surface area contributed by atoms with E-state index < -0.39 is 27.8 Å². The van der Waals surface area contributed by atoms with Gasteiger partial charge in [-0.1, -0.05) is 31.2 Å². The number of sulfonamides is 1. The van der Waals surface area contributed by atoms with Crippen molar-refractivity contribution in [3.05, 3.63) is 65.5 Å². The lowest BCUT2D eigenvalue weighted by Gasteiger charge is -2.30. The van der Waals surface area contributed by atoms with Crippen molar-refractivity contribution >= 4 is 21.6 Å². The number of halogens is 1. The molecule has 0 fully saturated rings. The molecule has 0 spiro atoms. The molecule has 140 valence electrons. The molecule has 0 saturated carbocycles. The highest BCUT2D eigenvalue weighted by Gasteiger charge is 2.31. The van der Waals surface area contributed by atoms with Crippen molar-refractivity contribution in [2.24, 2.45) is 0 Å². The van der Waals surface area contributed by atoms with Crippen LogP contribution in [0.5, 0.6) is 0 Å². The molecule has 1 amide bonds. The van der Waals surface area contributed by atoms with Gasteiger partial charge in [0.15, 0.2) is 0 Å². The number of anilines is 1. The zero-order valence-electron chi connectivity index (χ0n) is 15.1. The molecule has 5 nitrogen and oxygen atoms in total. The number of hydrogen-bond donors (Lipinski definition) is 1. The average Bonchev–Trinajstić information content (AvgIpc) is 2.58. The van der Waals surface area contributed by atoms with Gasteiger partial charge in [0.25, 0.3) is 0 Å². The van der Waals surface area contributed by atoms with E-state index in [1.54, 1.807) is 6.92 Å². The molecule has 1 atom stereocenters. The molecule has 7 heteroatoms. The second-order valence-electron chi connectivity index (χ2n) is 6.10. The van der Waals surface area contributed by atoms with Crippen LogP contribution in [0.25, 0.3) is 0 Å². The SMILES string of the molecule is CCC(C(=O)NCc1ccccc1C)N(c1ccc(F)cc1)S(C)(=O)=O. The summed E-state index contributed by atoms with van der Waals surface area (Å²) >= 11 is 0. The summed E-state index contributed by atoms with van der Waals surface area (Å²) in [7, 11) is -3.73. The van der Waals surface area contributed by atoms with Gasteiger partial charge >= 0.3 is 0 Å². The van der Waals surface area contributed by atoms with Gasteiger partial charge in [-0.15, -0.1) is 0 Å². The highest BCUT2D eigenvalue weighted by molar-refractivity contribution is 7.92. The van der Waals surface area contributed by atoms with E-state index in [1.165, 1.54) is 24.3 Å². The third-order valence-corrected chi connectivity index (χ3v) is 5.31. The van der Waals surface area contributed by atoms with Crippen LogP contribution in [0.4, 0.5) is 10.1 Å². The van der Waals surface area contributed by atoms with Gasteiger partial charge in [-0.3, -0.25) is 9.10 Å². The van der Waals surface area contributed by atoms with E-state index >= 15 is 0 Å². The molecule has 0 bridgehead atoms. The lowest BCUT2D eigenvalue weighted by molar-refractivity contribution is -0.122. The summed E-state index contributed by atoms with van der Waals surface area (Å²) in [5.74, 6) is -0.871. The number of aryl methyl sites for hydroxylation is 1. The number of carbonyl (C=O) groups is 1. The Morgan fingerprint density at radius 3 is 2.31 bits per heavy atom. The van der Waals surface area contributed by atoms with E-state index in [0.717, 1.165) is 21.7 Å². The molecule has 2 aromatic carbocycles. The maximum atomic E-state index is 13.2. The van der Waals surface area contributed by atoms with Crippen molar-refractivity contribution in [3.8, 4) is 0 Å². The van der Waals surface area contributed by atoms with Gasteiger partial charge in [0, 0.05) is 6.54 Å². The third-order valence-electron chi connectivity index (χ3n) is 4.13. The lowest BCUT2D eigenvalue weighted by Crippen LogP contribution is -2.49. The largest absolute Gasteiger partial charge is 0.350 e. The lowest BCUT2D eigenvalue weighted by atomic mass is 10.1. The first-order chi connectivity index (χ1) is 12.2. The van der Waals surface area contributed by atoms with Gasteiger partial charge in [0.2, 0.25) is 15.9 Å². The predicted octanol–water partition coefficient (Wildman–Crippen LogP) is 3.00. The van der Waals surface area contributed by atoms with Crippen LogP contribution in [0, 0.1) is 12.7 Å². The van der Waals surface area contributed by atoms with Crippen molar-refractivity contribution in [1.29, 1.82) is 0 Å². The van der Waals surface area contributed by atoms with Gasteiger partial charge < -0.3 is 5.32 Å². The molecule has 1 N–H and O–H groups in total. The quantitative estimate of drug-likeness (QED) is 0.805. The summed E-state index contributed by atoms with van der Waals surface area (Å²) in [5, 5.41) is 2.81. The molecule has 26 heavy (non-hydrogen) atoms. The molecule has 0 heterocycles. The third kappa shape index (κ3) is 4.82. The van der Waals surface area contributed by atoms with Crippen LogP contribution in [-0.4, -0.2) is 26.6 Å². The molecule has 0 aromatic heterocycles. The van der Waals surface area contributed by atoms with Crippen molar-refractivity contribution in [3.63, 3.8) is 0 Å². The first kappa shape index (κ1) is 19.9. The van der Waals surface area contributed by atoms with Crippen LogP contribution in [-0.2, 0) is 21.4 Å². The Hall–Kier alpha value is -2.41. The summed E-state index contributed by atoms with van der Waals surface area (Å²) < 4.78 is 38.8. The molecule has 2 rings (SSSR count). The van der Waals surface area contributed by atoms with Gasteiger partial charge in [-0.25, -0.2) is 12.8 Å². The number of rotatable bonds is 7. The Morgan fingerprint density at radius 2 is 1.77 bits per heavy atom. The van der Waals surface area contributed by atoms with E-state index in [1.807, 2.05) is 31.2 Å². The fraction of sp³-hybridized carbons (Fsp3) is 0.316.